The maximum Gasteiger partial charge on any atom is 0.435 e. The molecule has 1 aromatic heterocycles. The van der Waals surface area contributed by atoms with Crippen LogP contribution in [0.1, 0.15) is 35.7 Å². The van der Waals surface area contributed by atoms with Crippen molar-refractivity contribution in [3.63, 3.8) is 0 Å². The van der Waals surface area contributed by atoms with Crippen LogP contribution in [0.4, 0.5) is 13.2 Å². The number of hydrogen-bond donors (Lipinski definition) is 0. The fraction of sp³-hybridized carbons (Fsp3) is 0.300. The third kappa shape index (κ3) is 3.45. The number of hydrogen-bond acceptors (Lipinski definition) is 4. The molecule has 3 aliphatic rings. The van der Waals surface area contributed by atoms with Gasteiger partial charge in [0, 0.05) is 29.9 Å². The zero-order valence-electron chi connectivity index (χ0n) is 15.7. The van der Waals surface area contributed by atoms with Crippen molar-refractivity contribution in [2.75, 3.05) is 12.3 Å². The van der Waals surface area contributed by atoms with Crippen LogP contribution in [0.15, 0.2) is 53.1 Å². The molecule has 5 rings (SSSR count). The molecule has 1 aromatic carbocycles. The Bertz CT molecular complexity index is 1200. The van der Waals surface area contributed by atoms with Crippen LogP contribution in [-0.2, 0) is 16.2 Å². The fourth-order valence-electron chi connectivity index (χ4n) is 3.63. The summed E-state index contributed by atoms with van der Waals surface area (Å²) in [4.78, 5) is 1.78. The van der Waals surface area contributed by atoms with Crippen LogP contribution < -0.4 is 0 Å². The Hall–Kier alpha value is -2.88. The van der Waals surface area contributed by atoms with Crippen LogP contribution in [0.5, 0.6) is 0 Å². The zero-order valence-corrected chi connectivity index (χ0v) is 16.5. The quantitative estimate of drug-likeness (QED) is 0.739. The number of nitrogens with zero attached hydrogens (tertiary/aromatic N) is 4. The number of sulfonamides is 1. The average Bonchev–Trinajstić information content (AvgIpc) is 3.44. The lowest BCUT2D eigenvalue weighted by Crippen LogP contribution is -2.37. The Labute approximate surface area is 171 Å². The summed E-state index contributed by atoms with van der Waals surface area (Å²) in [6.07, 6.45) is 2.57. The van der Waals surface area contributed by atoms with Crippen LogP contribution in [-0.4, -0.2) is 41.2 Å². The van der Waals surface area contributed by atoms with Gasteiger partial charge in [0.05, 0.1) is 11.4 Å². The molecule has 2 aliphatic heterocycles. The molecule has 0 spiro atoms. The van der Waals surface area contributed by atoms with Crippen molar-refractivity contribution in [1.29, 1.82) is 0 Å². The van der Waals surface area contributed by atoms with E-state index in [1.54, 1.807) is 41.4 Å². The van der Waals surface area contributed by atoms with E-state index in [4.69, 9.17) is 0 Å². The van der Waals surface area contributed by atoms with Gasteiger partial charge in [-0.15, -0.1) is 4.40 Å². The molecule has 0 unspecified atom stereocenters. The molecule has 2 aromatic rings. The summed E-state index contributed by atoms with van der Waals surface area (Å²) in [6.45, 7) is 0.325. The standard InChI is InChI=1S/C20H17F3N4O2S/c21-20(22,23)18-12-17(14-3-4-14)27(24-18)15-7-5-13(6-8-15)16-2-1-9-26-10-11-30(28,29)25-19(16)26/h1-2,5-9,12,14H,3-4,10-11H2. The highest BCUT2D eigenvalue weighted by molar-refractivity contribution is 7.90. The van der Waals surface area contributed by atoms with Gasteiger partial charge in [0.15, 0.2) is 11.5 Å². The molecular formula is C20H17F3N4O2S. The summed E-state index contributed by atoms with van der Waals surface area (Å²) in [6, 6.07) is 7.99. The van der Waals surface area contributed by atoms with Crippen LogP contribution in [0, 0.1) is 0 Å². The first kappa shape index (κ1) is 19.1. The number of allylic oxidation sites excluding steroid dienone is 2. The predicted octanol–water partition coefficient (Wildman–Crippen LogP) is 3.72. The first-order valence-corrected chi connectivity index (χ1v) is 11.1. The molecule has 0 saturated heterocycles. The van der Waals surface area contributed by atoms with E-state index in [0.29, 0.717) is 29.3 Å². The van der Waals surface area contributed by atoms with Gasteiger partial charge < -0.3 is 4.90 Å². The van der Waals surface area contributed by atoms with Gasteiger partial charge in [-0.1, -0.05) is 12.1 Å². The van der Waals surface area contributed by atoms with E-state index in [1.165, 1.54) is 4.68 Å². The molecule has 0 atom stereocenters. The van der Waals surface area contributed by atoms with E-state index in [0.717, 1.165) is 24.5 Å². The monoisotopic (exact) mass is 434 g/mol. The number of halogens is 3. The number of fused-ring (bicyclic) bond motifs is 1. The van der Waals surface area contributed by atoms with Gasteiger partial charge in [0.1, 0.15) is 0 Å². The molecule has 1 saturated carbocycles. The second kappa shape index (κ2) is 6.56. The summed E-state index contributed by atoms with van der Waals surface area (Å²) in [7, 11) is -3.51. The van der Waals surface area contributed by atoms with E-state index < -0.39 is 21.9 Å². The number of amidine groups is 1. The molecule has 30 heavy (non-hydrogen) atoms. The van der Waals surface area contributed by atoms with Gasteiger partial charge in [0.25, 0.3) is 10.0 Å². The normalized spacial score (nSPS) is 20.6. The molecule has 0 amide bonds. The summed E-state index contributed by atoms with van der Waals surface area (Å²) < 4.78 is 68.6. The second-order valence-electron chi connectivity index (χ2n) is 7.50. The van der Waals surface area contributed by atoms with E-state index in [9.17, 15) is 21.6 Å². The van der Waals surface area contributed by atoms with E-state index in [2.05, 4.69) is 9.50 Å². The molecule has 156 valence electrons. The van der Waals surface area contributed by atoms with Crippen molar-refractivity contribution in [2.24, 2.45) is 4.40 Å². The Kier molecular flexibility index (Phi) is 4.18. The van der Waals surface area contributed by atoms with Crippen molar-refractivity contribution < 1.29 is 21.6 Å². The molecule has 0 radical (unpaired) electrons. The summed E-state index contributed by atoms with van der Waals surface area (Å²) >= 11 is 0. The highest BCUT2D eigenvalue weighted by Crippen LogP contribution is 2.43. The maximum absolute atomic E-state index is 13.2. The molecule has 3 heterocycles. The van der Waals surface area contributed by atoms with Crippen molar-refractivity contribution in [1.82, 2.24) is 14.7 Å². The Morgan fingerprint density at radius 2 is 1.83 bits per heavy atom. The largest absolute Gasteiger partial charge is 0.435 e. The van der Waals surface area contributed by atoms with Crippen LogP contribution >= 0.6 is 0 Å². The van der Waals surface area contributed by atoms with Crippen LogP contribution in [0.25, 0.3) is 11.3 Å². The van der Waals surface area contributed by atoms with Crippen molar-refractivity contribution in [2.45, 2.75) is 24.9 Å². The van der Waals surface area contributed by atoms with E-state index >= 15 is 0 Å². The highest BCUT2D eigenvalue weighted by atomic mass is 32.2. The van der Waals surface area contributed by atoms with Crippen molar-refractivity contribution in [3.05, 3.63) is 65.6 Å². The molecule has 6 nitrogen and oxygen atoms in total. The minimum atomic E-state index is -4.50. The Balaban J connectivity index is 1.51. The number of rotatable bonds is 3. The Morgan fingerprint density at radius 1 is 1.10 bits per heavy atom. The smallest absolute Gasteiger partial charge is 0.331 e. The van der Waals surface area contributed by atoms with E-state index in [1.807, 2.05) is 6.08 Å². The summed E-state index contributed by atoms with van der Waals surface area (Å²) in [5.41, 5.74) is 1.55. The lowest BCUT2D eigenvalue weighted by Gasteiger charge is -2.29. The first-order chi connectivity index (χ1) is 14.2. The minimum Gasteiger partial charge on any atom is -0.331 e. The number of benzene rings is 1. The van der Waals surface area contributed by atoms with Crippen LogP contribution in [0.3, 0.4) is 0 Å². The summed E-state index contributed by atoms with van der Waals surface area (Å²) in [5.74, 6) is 0.404. The molecule has 0 bridgehead atoms. The predicted molar refractivity (Wildman–Crippen MR) is 106 cm³/mol. The second-order valence-corrected chi connectivity index (χ2v) is 9.26. The molecule has 10 heteroatoms. The molecular weight excluding hydrogens is 417 g/mol. The topological polar surface area (TPSA) is 67.6 Å². The zero-order chi connectivity index (χ0) is 21.1. The lowest BCUT2D eigenvalue weighted by atomic mass is 10.0. The minimum absolute atomic E-state index is 0.0438. The van der Waals surface area contributed by atoms with Gasteiger partial charge in [-0.2, -0.15) is 18.3 Å². The third-order valence-corrected chi connectivity index (χ3v) is 6.45. The lowest BCUT2D eigenvalue weighted by molar-refractivity contribution is -0.141. The molecule has 0 N–H and O–H groups in total. The molecule has 1 aliphatic carbocycles. The maximum atomic E-state index is 13.2. The number of aromatic nitrogens is 2. The van der Waals surface area contributed by atoms with E-state index in [-0.39, 0.29) is 11.7 Å². The van der Waals surface area contributed by atoms with Gasteiger partial charge in [-0.3, -0.25) is 0 Å². The summed E-state index contributed by atoms with van der Waals surface area (Å²) in [5, 5.41) is 3.79. The van der Waals surface area contributed by atoms with Crippen molar-refractivity contribution >= 4 is 21.4 Å². The van der Waals surface area contributed by atoms with Gasteiger partial charge >= 0.3 is 6.18 Å². The fourth-order valence-corrected chi connectivity index (χ4v) is 4.62. The number of alkyl halides is 3. The first-order valence-electron chi connectivity index (χ1n) is 9.47. The average molecular weight is 434 g/mol. The third-order valence-electron chi connectivity index (χ3n) is 5.30. The van der Waals surface area contributed by atoms with Gasteiger partial charge in [-0.05, 0) is 48.8 Å². The van der Waals surface area contributed by atoms with Crippen LogP contribution in [0.2, 0.25) is 0 Å². The SMILES string of the molecule is O=S1(=O)CCN2C=CC=C(c3ccc(-n4nc(C(F)(F)F)cc4C4CC4)cc3)C2=N1. The molecule has 1 fully saturated rings. The highest BCUT2D eigenvalue weighted by Gasteiger charge is 2.38. The Morgan fingerprint density at radius 3 is 2.50 bits per heavy atom. The van der Waals surface area contributed by atoms with Gasteiger partial charge in [-0.25, -0.2) is 13.1 Å². The van der Waals surface area contributed by atoms with Gasteiger partial charge in [0.2, 0.25) is 0 Å². The van der Waals surface area contributed by atoms with Crippen molar-refractivity contribution in [3.8, 4) is 5.69 Å².